The minimum atomic E-state index is -0.204. The Kier molecular flexibility index (Phi) is 9.21. The number of rotatable bonds is 8. The van der Waals surface area contributed by atoms with Gasteiger partial charge in [-0.1, -0.05) is 70.7 Å². The van der Waals surface area contributed by atoms with Crippen LogP contribution in [0.15, 0.2) is 60.7 Å². The van der Waals surface area contributed by atoms with E-state index >= 15 is 0 Å². The lowest BCUT2D eigenvalue weighted by Crippen LogP contribution is -2.44. The molecule has 0 bridgehead atoms. The zero-order valence-electron chi connectivity index (χ0n) is 20.4. The van der Waals surface area contributed by atoms with Gasteiger partial charge in [0, 0.05) is 22.3 Å². The maximum absolute atomic E-state index is 13.7. The van der Waals surface area contributed by atoms with Crippen molar-refractivity contribution in [1.29, 1.82) is 0 Å². The van der Waals surface area contributed by atoms with E-state index in [1.54, 1.807) is 18.2 Å². The molecule has 1 heterocycles. The molecule has 4 nitrogen and oxygen atoms in total. The number of hydrogen-bond donors (Lipinski definition) is 0. The van der Waals surface area contributed by atoms with E-state index < -0.39 is 0 Å². The molecule has 3 aromatic rings. The van der Waals surface area contributed by atoms with Gasteiger partial charge in [-0.25, -0.2) is 0 Å². The zero-order chi connectivity index (χ0) is 25.8. The summed E-state index contributed by atoms with van der Waals surface area (Å²) in [6, 6.07) is 19.0. The molecule has 36 heavy (non-hydrogen) atoms. The second-order valence-corrected chi connectivity index (χ2v) is 11.1. The fourth-order valence-electron chi connectivity index (χ4n) is 4.64. The Morgan fingerprint density at radius 1 is 0.833 bits per heavy atom. The summed E-state index contributed by atoms with van der Waals surface area (Å²) in [4.78, 5) is 19.8. The molecule has 1 atom stereocenters. The van der Waals surface area contributed by atoms with Crippen LogP contribution in [0, 0.1) is 0 Å². The minimum Gasteiger partial charge on any atom is -0.302 e. The van der Waals surface area contributed by atoms with E-state index in [0.29, 0.717) is 20.1 Å². The Labute approximate surface area is 233 Å². The first-order valence-electron chi connectivity index (χ1n) is 11.9. The van der Waals surface area contributed by atoms with Gasteiger partial charge >= 0.3 is 0 Å². The highest BCUT2D eigenvalue weighted by atomic mass is 35.5. The molecular formula is C28H29Cl4N3O. The number of carbonyl (C=O) groups excluding carboxylic acids is 1. The fourth-order valence-corrected chi connectivity index (χ4v) is 5.46. The predicted molar refractivity (Wildman–Crippen MR) is 153 cm³/mol. The first kappa shape index (κ1) is 27.3. The average molecular weight is 565 g/mol. The number of halogens is 4. The van der Waals surface area contributed by atoms with E-state index in [2.05, 4.69) is 29.2 Å². The van der Waals surface area contributed by atoms with Crippen molar-refractivity contribution in [3.8, 4) is 11.1 Å². The smallest absolute Gasteiger partial charge is 0.241 e. The topological polar surface area (TPSA) is 26.8 Å². The number of amides is 1. The van der Waals surface area contributed by atoms with Crippen LogP contribution in [0.25, 0.3) is 11.1 Å². The molecule has 4 rings (SSSR count). The van der Waals surface area contributed by atoms with Crippen LogP contribution in [0.3, 0.4) is 0 Å². The molecule has 1 amide bonds. The quantitative estimate of drug-likeness (QED) is 0.280. The molecule has 1 aliphatic heterocycles. The monoisotopic (exact) mass is 563 g/mol. The van der Waals surface area contributed by atoms with Crippen LogP contribution in [-0.4, -0.2) is 56.0 Å². The normalized spacial score (nSPS) is 14.9. The number of anilines is 1. The summed E-state index contributed by atoms with van der Waals surface area (Å²) in [6.07, 6.45) is 2.33. The highest BCUT2D eigenvalue weighted by Crippen LogP contribution is 2.35. The number of nitrogens with zero attached hydrogens (tertiary/aromatic N) is 3. The number of likely N-dealkylation sites (N-methyl/N-ethyl adjacent to an activating group) is 1. The van der Waals surface area contributed by atoms with Crippen LogP contribution >= 0.6 is 46.4 Å². The summed E-state index contributed by atoms with van der Waals surface area (Å²) < 4.78 is 0. The van der Waals surface area contributed by atoms with Gasteiger partial charge < -0.3 is 14.7 Å². The van der Waals surface area contributed by atoms with Gasteiger partial charge in [-0.05, 0) is 93.1 Å². The van der Waals surface area contributed by atoms with Crippen molar-refractivity contribution < 1.29 is 4.79 Å². The second kappa shape index (κ2) is 12.2. The molecule has 3 aromatic carbocycles. The molecule has 0 saturated carbocycles. The lowest BCUT2D eigenvalue weighted by molar-refractivity contribution is -0.119. The minimum absolute atomic E-state index is 0.00622. The largest absolute Gasteiger partial charge is 0.302 e. The second-order valence-electron chi connectivity index (χ2n) is 9.40. The number of carbonyl (C=O) groups is 1. The van der Waals surface area contributed by atoms with Crippen molar-refractivity contribution >= 4 is 58.0 Å². The van der Waals surface area contributed by atoms with Gasteiger partial charge in [-0.3, -0.25) is 4.79 Å². The van der Waals surface area contributed by atoms with E-state index in [1.165, 1.54) is 12.8 Å². The van der Waals surface area contributed by atoms with Gasteiger partial charge in [0.05, 0.1) is 22.6 Å². The van der Waals surface area contributed by atoms with E-state index in [0.717, 1.165) is 42.0 Å². The van der Waals surface area contributed by atoms with Crippen LogP contribution in [-0.2, 0) is 4.79 Å². The summed E-state index contributed by atoms with van der Waals surface area (Å²) in [5, 5.41) is 2.06. The molecule has 0 aromatic heterocycles. The molecule has 190 valence electrons. The number of hydrogen-bond acceptors (Lipinski definition) is 3. The summed E-state index contributed by atoms with van der Waals surface area (Å²) in [7, 11) is 3.79. The number of benzene rings is 3. The molecule has 0 spiro atoms. The van der Waals surface area contributed by atoms with Crippen LogP contribution < -0.4 is 4.90 Å². The van der Waals surface area contributed by atoms with E-state index in [4.69, 9.17) is 46.4 Å². The third-order valence-electron chi connectivity index (χ3n) is 6.33. The summed E-state index contributed by atoms with van der Waals surface area (Å²) in [5.74, 6) is -0.00622. The first-order valence-corrected chi connectivity index (χ1v) is 13.4. The summed E-state index contributed by atoms with van der Waals surface area (Å²) in [6.45, 7) is 3.04. The van der Waals surface area contributed by atoms with Crippen molar-refractivity contribution in [1.82, 2.24) is 9.80 Å². The molecular weight excluding hydrogens is 536 g/mol. The van der Waals surface area contributed by atoms with Gasteiger partial charge in [-0.15, -0.1) is 0 Å². The maximum atomic E-state index is 13.7. The van der Waals surface area contributed by atoms with Gasteiger partial charge in [-0.2, -0.15) is 0 Å². The van der Waals surface area contributed by atoms with Gasteiger partial charge in [0.15, 0.2) is 0 Å². The van der Waals surface area contributed by atoms with Crippen LogP contribution in [0.1, 0.15) is 24.4 Å². The number of likely N-dealkylation sites (tertiary alicyclic amines) is 1. The Balaban J connectivity index is 1.76. The highest BCUT2D eigenvalue weighted by molar-refractivity contribution is 6.42. The maximum Gasteiger partial charge on any atom is 0.241 e. The lowest BCUT2D eigenvalue weighted by Gasteiger charge is -2.36. The third-order valence-corrected chi connectivity index (χ3v) is 7.51. The van der Waals surface area contributed by atoms with Crippen LogP contribution in [0.2, 0.25) is 20.1 Å². The Hall–Kier alpha value is -1.79. The Morgan fingerprint density at radius 2 is 1.47 bits per heavy atom. The molecule has 1 saturated heterocycles. The van der Waals surface area contributed by atoms with Crippen molar-refractivity contribution in [3.63, 3.8) is 0 Å². The predicted octanol–water partition coefficient (Wildman–Crippen LogP) is 7.70. The first-order chi connectivity index (χ1) is 17.2. The highest BCUT2D eigenvalue weighted by Gasteiger charge is 2.30. The lowest BCUT2D eigenvalue weighted by atomic mass is 9.98. The molecule has 0 aliphatic carbocycles. The summed E-state index contributed by atoms with van der Waals surface area (Å²) in [5.41, 5.74) is 3.71. The molecule has 1 unspecified atom stereocenters. The Morgan fingerprint density at radius 3 is 2.06 bits per heavy atom. The molecule has 1 aliphatic rings. The average Bonchev–Trinajstić information content (AvgIpc) is 3.33. The molecule has 1 fully saturated rings. The standard InChI is InChI=1S/C28H29Cl4N3O/c1-33(2)18-28(36)35(24-9-10-25(31)26(32)16-24)27(17-34-11-3-4-12-34)20-7-5-19(6-8-20)21-13-22(29)15-23(30)14-21/h5-10,13-16,27H,3-4,11-12,17-18H2,1-2H3. The van der Waals surface area contributed by atoms with E-state index in [9.17, 15) is 4.79 Å². The SMILES string of the molecule is CN(C)CC(=O)N(c1ccc(Cl)c(Cl)c1)C(CN1CCCC1)c1ccc(-c2cc(Cl)cc(Cl)c2)cc1. The van der Waals surface area contributed by atoms with E-state index in [1.807, 2.05) is 42.1 Å². The van der Waals surface area contributed by atoms with E-state index in [-0.39, 0.29) is 18.5 Å². The van der Waals surface area contributed by atoms with Crippen molar-refractivity contribution in [3.05, 3.63) is 86.3 Å². The van der Waals surface area contributed by atoms with Gasteiger partial charge in [0.25, 0.3) is 0 Å². The summed E-state index contributed by atoms with van der Waals surface area (Å²) >= 11 is 25.1. The zero-order valence-corrected chi connectivity index (χ0v) is 23.4. The molecule has 0 N–H and O–H groups in total. The van der Waals surface area contributed by atoms with Crippen LogP contribution in [0.5, 0.6) is 0 Å². The van der Waals surface area contributed by atoms with Gasteiger partial charge in [0.2, 0.25) is 5.91 Å². The molecule has 0 radical (unpaired) electrons. The van der Waals surface area contributed by atoms with Crippen molar-refractivity contribution in [2.75, 3.05) is 45.2 Å². The van der Waals surface area contributed by atoms with Crippen LogP contribution in [0.4, 0.5) is 5.69 Å². The molecule has 8 heteroatoms. The third kappa shape index (κ3) is 6.74. The van der Waals surface area contributed by atoms with Crippen molar-refractivity contribution in [2.24, 2.45) is 0 Å². The van der Waals surface area contributed by atoms with Crippen molar-refractivity contribution in [2.45, 2.75) is 18.9 Å². The van der Waals surface area contributed by atoms with Gasteiger partial charge in [0.1, 0.15) is 0 Å². The fraction of sp³-hybridized carbons (Fsp3) is 0.321. The Bertz CT molecular complexity index is 1190.